The van der Waals surface area contributed by atoms with Crippen molar-refractivity contribution in [3.63, 3.8) is 0 Å². The monoisotopic (exact) mass is 291 g/mol. The van der Waals surface area contributed by atoms with Crippen LogP contribution in [0.2, 0.25) is 5.02 Å². The molecule has 1 aromatic carbocycles. The lowest BCUT2D eigenvalue weighted by Gasteiger charge is -2.49. The Labute approximate surface area is 127 Å². The maximum Gasteiger partial charge on any atom is 0.0406 e. The summed E-state index contributed by atoms with van der Waals surface area (Å²) in [5.41, 5.74) is 8.45. The molecule has 0 radical (unpaired) electrons. The molecule has 2 heteroatoms. The van der Waals surface area contributed by atoms with Crippen LogP contribution in [0, 0.1) is 5.92 Å². The van der Waals surface area contributed by atoms with Crippen molar-refractivity contribution in [3.05, 3.63) is 34.9 Å². The Kier molecular flexibility index (Phi) is 4.37. The summed E-state index contributed by atoms with van der Waals surface area (Å²) < 4.78 is 0. The maximum absolute atomic E-state index is 6.80. The molecule has 2 aliphatic rings. The highest BCUT2D eigenvalue weighted by atomic mass is 35.5. The van der Waals surface area contributed by atoms with Crippen molar-refractivity contribution >= 4 is 11.6 Å². The molecule has 2 N–H and O–H groups in total. The SMILES string of the molecule is NC(C1CCCCCC1)C1(c2ccc(Cl)cc2)CCC1. The molecule has 20 heavy (non-hydrogen) atoms. The van der Waals surface area contributed by atoms with E-state index in [0.29, 0.717) is 12.0 Å². The number of hydrogen-bond donors (Lipinski definition) is 1. The summed E-state index contributed by atoms with van der Waals surface area (Å²) in [7, 11) is 0. The second-order valence-electron chi connectivity index (χ2n) is 6.79. The first-order chi connectivity index (χ1) is 9.72. The molecule has 0 amide bonds. The van der Waals surface area contributed by atoms with Crippen LogP contribution in [-0.4, -0.2) is 6.04 Å². The molecule has 1 atom stereocenters. The quantitative estimate of drug-likeness (QED) is 0.774. The Morgan fingerprint density at radius 1 is 0.950 bits per heavy atom. The summed E-state index contributed by atoms with van der Waals surface area (Å²) in [5.74, 6) is 0.716. The largest absolute Gasteiger partial charge is 0.327 e. The molecule has 1 unspecified atom stereocenters. The first kappa shape index (κ1) is 14.4. The van der Waals surface area contributed by atoms with Crippen LogP contribution in [-0.2, 0) is 5.41 Å². The highest BCUT2D eigenvalue weighted by Gasteiger charge is 2.46. The van der Waals surface area contributed by atoms with Crippen molar-refractivity contribution in [1.82, 2.24) is 0 Å². The molecule has 3 rings (SSSR count). The van der Waals surface area contributed by atoms with Crippen LogP contribution in [0.5, 0.6) is 0 Å². The van der Waals surface area contributed by atoms with Gasteiger partial charge < -0.3 is 5.73 Å². The fraction of sp³-hybridized carbons (Fsp3) is 0.667. The highest BCUT2D eigenvalue weighted by Crippen LogP contribution is 2.49. The molecule has 2 aliphatic carbocycles. The average Bonchev–Trinajstić information content (AvgIpc) is 2.68. The van der Waals surface area contributed by atoms with E-state index in [4.69, 9.17) is 17.3 Å². The number of hydrogen-bond acceptors (Lipinski definition) is 1. The van der Waals surface area contributed by atoms with E-state index in [1.807, 2.05) is 12.1 Å². The molecule has 1 aromatic rings. The predicted molar refractivity (Wildman–Crippen MR) is 86.1 cm³/mol. The summed E-state index contributed by atoms with van der Waals surface area (Å²) >= 11 is 6.04. The minimum atomic E-state index is 0.236. The van der Waals surface area contributed by atoms with Crippen molar-refractivity contribution in [1.29, 1.82) is 0 Å². The van der Waals surface area contributed by atoms with E-state index in [1.54, 1.807) is 0 Å². The molecule has 2 saturated carbocycles. The summed E-state index contributed by atoms with van der Waals surface area (Å²) in [6.07, 6.45) is 12.0. The Morgan fingerprint density at radius 2 is 1.55 bits per heavy atom. The number of benzene rings is 1. The van der Waals surface area contributed by atoms with E-state index >= 15 is 0 Å². The molecule has 0 heterocycles. The van der Waals surface area contributed by atoms with E-state index in [9.17, 15) is 0 Å². The summed E-state index contributed by atoms with van der Waals surface area (Å²) in [6, 6.07) is 8.79. The van der Waals surface area contributed by atoms with Crippen molar-refractivity contribution < 1.29 is 0 Å². The Balaban J connectivity index is 1.82. The molecule has 0 bridgehead atoms. The number of rotatable bonds is 3. The van der Waals surface area contributed by atoms with Gasteiger partial charge in [0, 0.05) is 16.5 Å². The molecular formula is C18H26ClN. The van der Waals surface area contributed by atoms with Crippen LogP contribution in [0.4, 0.5) is 0 Å². The van der Waals surface area contributed by atoms with Gasteiger partial charge in [-0.25, -0.2) is 0 Å². The van der Waals surface area contributed by atoms with Gasteiger partial charge in [0.05, 0.1) is 0 Å². The molecule has 0 spiro atoms. The zero-order valence-corrected chi connectivity index (χ0v) is 13.0. The van der Waals surface area contributed by atoms with Gasteiger partial charge in [-0.1, -0.05) is 55.8 Å². The number of halogens is 1. The summed E-state index contributed by atoms with van der Waals surface area (Å²) in [6.45, 7) is 0. The molecular weight excluding hydrogens is 266 g/mol. The van der Waals surface area contributed by atoms with E-state index in [1.165, 1.54) is 63.4 Å². The molecule has 0 aromatic heterocycles. The van der Waals surface area contributed by atoms with E-state index in [0.717, 1.165) is 5.02 Å². The van der Waals surface area contributed by atoms with Gasteiger partial charge >= 0.3 is 0 Å². The van der Waals surface area contributed by atoms with Crippen LogP contribution in [0.3, 0.4) is 0 Å². The lowest BCUT2D eigenvalue weighted by molar-refractivity contribution is 0.144. The van der Waals surface area contributed by atoms with Crippen molar-refractivity contribution in [3.8, 4) is 0 Å². The molecule has 2 fully saturated rings. The topological polar surface area (TPSA) is 26.0 Å². The van der Waals surface area contributed by atoms with Gasteiger partial charge in [0.2, 0.25) is 0 Å². The highest BCUT2D eigenvalue weighted by molar-refractivity contribution is 6.30. The van der Waals surface area contributed by atoms with Gasteiger partial charge in [-0.05, 0) is 49.3 Å². The lowest BCUT2D eigenvalue weighted by Crippen LogP contribution is -2.54. The molecule has 110 valence electrons. The second-order valence-corrected chi connectivity index (χ2v) is 7.23. The maximum atomic E-state index is 6.80. The third kappa shape index (κ3) is 2.63. The van der Waals surface area contributed by atoms with Gasteiger partial charge in [0.25, 0.3) is 0 Å². The predicted octanol–water partition coefficient (Wildman–Crippen LogP) is 5.06. The van der Waals surface area contributed by atoms with Crippen LogP contribution in [0.1, 0.15) is 63.4 Å². The van der Waals surface area contributed by atoms with Crippen LogP contribution in [0.15, 0.2) is 24.3 Å². The molecule has 0 saturated heterocycles. The Hall–Kier alpha value is -0.530. The lowest BCUT2D eigenvalue weighted by atomic mass is 9.57. The second kappa shape index (κ2) is 6.07. The first-order valence-electron chi connectivity index (χ1n) is 8.24. The van der Waals surface area contributed by atoms with Gasteiger partial charge in [-0.15, -0.1) is 0 Å². The Morgan fingerprint density at radius 3 is 2.05 bits per heavy atom. The third-order valence-electron chi connectivity index (χ3n) is 5.71. The molecule has 1 nitrogen and oxygen atoms in total. The van der Waals surface area contributed by atoms with E-state index in [-0.39, 0.29) is 5.41 Å². The number of nitrogens with two attached hydrogens (primary N) is 1. The fourth-order valence-electron chi connectivity index (χ4n) is 4.28. The van der Waals surface area contributed by atoms with Gasteiger partial charge in [0.1, 0.15) is 0 Å². The van der Waals surface area contributed by atoms with E-state index in [2.05, 4.69) is 12.1 Å². The smallest absolute Gasteiger partial charge is 0.0406 e. The summed E-state index contributed by atoms with van der Waals surface area (Å²) in [4.78, 5) is 0. The van der Waals surface area contributed by atoms with Crippen LogP contribution < -0.4 is 5.73 Å². The van der Waals surface area contributed by atoms with Gasteiger partial charge in [-0.3, -0.25) is 0 Å². The van der Waals surface area contributed by atoms with Gasteiger partial charge in [-0.2, -0.15) is 0 Å². The first-order valence-corrected chi connectivity index (χ1v) is 8.62. The van der Waals surface area contributed by atoms with Crippen molar-refractivity contribution in [2.45, 2.75) is 69.2 Å². The average molecular weight is 292 g/mol. The van der Waals surface area contributed by atoms with E-state index < -0.39 is 0 Å². The normalized spacial score (nSPS) is 24.7. The zero-order chi connectivity index (χ0) is 14.0. The van der Waals surface area contributed by atoms with Crippen molar-refractivity contribution in [2.75, 3.05) is 0 Å². The van der Waals surface area contributed by atoms with Crippen LogP contribution >= 0.6 is 11.6 Å². The fourth-order valence-corrected chi connectivity index (χ4v) is 4.40. The van der Waals surface area contributed by atoms with Crippen LogP contribution in [0.25, 0.3) is 0 Å². The molecule has 0 aliphatic heterocycles. The van der Waals surface area contributed by atoms with Gasteiger partial charge in [0.15, 0.2) is 0 Å². The minimum absolute atomic E-state index is 0.236. The Bertz CT molecular complexity index is 427. The minimum Gasteiger partial charge on any atom is -0.327 e. The van der Waals surface area contributed by atoms with Crippen molar-refractivity contribution in [2.24, 2.45) is 11.7 Å². The zero-order valence-electron chi connectivity index (χ0n) is 12.3. The third-order valence-corrected chi connectivity index (χ3v) is 5.96. The standard InChI is InChI=1S/C18H26ClN/c19-16-10-8-15(9-11-16)18(12-5-13-18)17(20)14-6-3-1-2-4-7-14/h8-11,14,17H,1-7,12-13,20H2. The summed E-state index contributed by atoms with van der Waals surface area (Å²) in [5, 5.41) is 0.825.